The molecule has 3 aromatic rings. The summed E-state index contributed by atoms with van der Waals surface area (Å²) in [5.41, 5.74) is 2.64. The minimum Gasteiger partial charge on any atom is -0.486 e. The second kappa shape index (κ2) is 16.9. The quantitative estimate of drug-likeness (QED) is 0.114. The van der Waals surface area contributed by atoms with Gasteiger partial charge in [-0.15, -0.1) is 0 Å². The molecule has 0 aliphatic carbocycles. The summed E-state index contributed by atoms with van der Waals surface area (Å²) in [7, 11) is 0. The van der Waals surface area contributed by atoms with Crippen LogP contribution in [0.2, 0.25) is 0 Å². The number of anilines is 1. The number of nitrogens with zero attached hydrogens (tertiary/aromatic N) is 5. The molecule has 3 saturated heterocycles. The second-order valence-corrected chi connectivity index (χ2v) is 15.3. The zero-order valence-corrected chi connectivity index (χ0v) is 30.0. The lowest BCUT2D eigenvalue weighted by molar-refractivity contribution is -0.132. The summed E-state index contributed by atoms with van der Waals surface area (Å²) in [6.07, 6.45) is 9.43. The summed E-state index contributed by atoms with van der Waals surface area (Å²) < 4.78 is 11.1. The number of aliphatic hydroxyl groups excluding tert-OH is 1. The summed E-state index contributed by atoms with van der Waals surface area (Å²) in [5, 5.41) is 23.4. The first-order valence-electron chi connectivity index (χ1n) is 18.2. The highest BCUT2D eigenvalue weighted by molar-refractivity contribution is 8.00. The van der Waals surface area contributed by atoms with Gasteiger partial charge in [-0.2, -0.15) is 11.8 Å². The first-order chi connectivity index (χ1) is 25.4. The van der Waals surface area contributed by atoms with Crippen molar-refractivity contribution < 1.29 is 28.6 Å². The van der Waals surface area contributed by atoms with E-state index >= 15 is 0 Å². The Labute approximate surface area is 307 Å². The molecule has 278 valence electrons. The van der Waals surface area contributed by atoms with Crippen LogP contribution in [0.1, 0.15) is 65.9 Å². The summed E-state index contributed by atoms with van der Waals surface area (Å²) in [5.74, 6) is 2.78. The summed E-state index contributed by atoms with van der Waals surface area (Å²) >= 11 is 1.91. The van der Waals surface area contributed by atoms with Crippen molar-refractivity contribution in [2.75, 3.05) is 43.8 Å². The molecule has 4 amide bonds. The van der Waals surface area contributed by atoms with E-state index < -0.39 is 6.10 Å². The highest BCUT2D eigenvalue weighted by atomic mass is 32.2. The molecular weight excluding hydrogens is 687 g/mol. The lowest BCUT2D eigenvalue weighted by Crippen LogP contribution is -2.42. The van der Waals surface area contributed by atoms with Crippen molar-refractivity contribution in [1.82, 2.24) is 40.7 Å². The number of likely N-dealkylation sites (tertiary alicyclic amines) is 1. The predicted octanol–water partition coefficient (Wildman–Crippen LogP) is 2.32. The Balaban J connectivity index is 0.780. The number of carbonyl (C=O) groups is 3. The van der Waals surface area contributed by atoms with E-state index in [2.05, 4.69) is 53.3 Å². The number of aromatic nitrogens is 3. The van der Waals surface area contributed by atoms with Crippen LogP contribution in [0.15, 0.2) is 47.6 Å². The van der Waals surface area contributed by atoms with Gasteiger partial charge in [-0.25, -0.2) is 19.7 Å². The van der Waals surface area contributed by atoms with Crippen molar-refractivity contribution in [2.24, 2.45) is 0 Å². The maximum Gasteiger partial charge on any atom is 0.315 e. The number of piperidine rings is 1. The normalized spacial score (nSPS) is 22.2. The third-order valence-electron chi connectivity index (χ3n) is 10.3. The number of benzene rings is 1. The number of β-amino-alcohol motifs (C(OH)–C–C–N with tert-alkyl or cyclic N) is 1. The Morgan fingerprint density at radius 3 is 2.85 bits per heavy atom. The van der Waals surface area contributed by atoms with Gasteiger partial charge in [-0.1, -0.05) is 12.5 Å². The third-order valence-corrected chi connectivity index (χ3v) is 11.8. The Bertz CT molecular complexity index is 1690. The molecule has 0 spiro atoms. The summed E-state index contributed by atoms with van der Waals surface area (Å²) in [6, 6.07) is 8.19. The largest absolute Gasteiger partial charge is 0.486 e. The van der Waals surface area contributed by atoms with Gasteiger partial charge in [-0.05, 0) is 55.4 Å². The van der Waals surface area contributed by atoms with Crippen LogP contribution in [0.4, 0.5) is 10.6 Å². The van der Waals surface area contributed by atoms with E-state index in [0.717, 1.165) is 56.6 Å². The van der Waals surface area contributed by atoms with Gasteiger partial charge in [0.05, 0.1) is 24.4 Å². The number of oxazole rings is 1. The van der Waals surface area contributed by atoms with Crippen molar-refractivity contribution >= 4 is 35.4 Å². The molecule has 16 heteroatoms. The van der Waals surface area contributed by atoms with Gasteiger partial charge in [0.2, 0.25) is 5.91 Å². The number of nitrogens with one attached hydrogen (secondary N) is 4. The van der Waals surface area contributed by atoms with Crippen LogP contribution < -0.4 is 26.0 Å². The van der Waals surface area contributed by atoms with Gasteiger partial charge < -0.3 is 40.4 Å². The van der Waals surface area contributed by atoms with E-state index in [0.29, 0.717) is 56.0 Å². The molecule has 15 nitrogen and oxygen atoms in total. The Morgan fingerprint density at radius 1 is 1.12 bits per heavy atom. The van der Waals surface area contributed by atoms with Crippen LogP contribution in [0, 0.1) is 0 Å². The SMILES string of the molecule is O=C1N[C@H]2[C@H](CS[C@H]2CCCCC(=O)N2CCC(Nc3cc(C(=O)NC[C@H](O)CN4CCc5cc(OCc6cnco6)ccc5C4)ncn3)CC2)N1. The molecule has 4 atom stereocenters. The van der Waals surface area contributed by atoms with Crippen molar-refractivity contribution in [2.45, 2.75) is 87.6 Å². The second-order valence-electron chi connectivity index (χ2n) is 14.0. The number of unbranched alkanes of at least 4 members (excludes halogenated alkanes) is 1. The number of carbonyl (C=O) groups excluding carboxylic acids is 3. The van der Waals surface area contributed by atoms with Crippen LogP contribution in [-0.4, -0.2) is 116 Å². The van der Waals surface area contributed by atoms with E-state index in [4.69, 9.17) is 9.15 Å². The molecule has 4 aliphatic heterocycles. The lowest BCUT2D eigenvalue weighted by Gasteiger charge is -2.32. The molecule has 4 aliphatic rings. The minimum atomic E-state index is -0.741. The maximum atomic E-state index is 12.9. The smallest absolute Gasteiger partial charge is 0.315 e. The zero-order chi connectivity index (χ0) is 35.9. The molecule has 0 radical (unpaired) electrons. The standard InChI is InChI=1S/C36H47N9O6S/c46-26(18-44-10-7-23-13-27(6-5-24(23)17-44)50-19-28-16-37-22-51-28)15-38-35(48)29-14-32(40-21-39-29)41-25-8-11-45(12-9-25)33(47)4-2-1-3-31-34-30(20-52-31)42-36(49)43-34/h5-6,13-14,16,21-22,25-26,30-31,34,46H,1-4,7-12,15,17-20H2,(H,38,48)(H,39,40,41)(H2,42,43,49)/t26-,30-,31-,34-/m0/s1. The van der Waals surface area contributed by atoms with Gasteiger partial charge in [0.15, 0.2) is 12.2 Å². The molecule has 7 rings (SSSR count). The highest BCUT2D eigenvalue weighted by Crippen LogP contribution is 2.33. The van der Waals surface area contributed by atoms with Crippen LogP contribution in [0.3, 0.4) is 0 Å². The van der Waals surface area contributed by atoms with E-state index in [9.17, 15) is 19.5 Å². The highest BCUT2D eigenvalue weighted by Gasteiger charge is 2.42. The van der Waals surface area contributed by atoms with E-state index in [-0.39, 0.29) is 48.2 Å². The molecule has 1 aromatic carbocycles. The number of urea groups is 1. The number of hydrogen-bond acceptors (Lipinski definition) is 12. The molecule has 0 saturated carbocycles. The summed E-state index contributed by atoms with van der Waals surface area (Å²) in [4.78, 5) is 53.9. The maximum absolute atomic E-state index is 12.9. The lowest BCUT2D eigenvalue weighted by atomic mass is 9.99. The van der Waals surface area contributed by atoms with Crippen molar-refractivity contribution in [1.29, 1.82) is 0 Å². The van der Waals surface area contributed by atoms with Gasteiger partial charge >= 0.3 is 6.03 Å². The fourth-order valence-corrected chi connectivity index (χ4v) is 8.97. The van der Waals surface area contributed by atoms with E-state index in [1.54, 1.807) is 12.3 Å². The molecule has 2 aromatic heterocycles. The van der Waals surface area contributed by atoms with Crippen LogP contribution in [0.5, 0.6) is 5.75 Å². The number of amides is 4. The average molecular weight is 734 g/mol. The first-order valence-corrected chi connectivity index (χ1v) is 19.3. The van der Waals surface area contributed by atoms with E-state index in [1.165, 1.54) is 23.8 Å². The third kappa shape index (κ3) is 9.33. The molecule has 6 heterocycles. The first kappa shape index (κ1) is 36.0. The Morgan fingerprint density at radius 2 is 2.00 bits per heavy atom. The molecule has 0 unspecified atom stereocenters. The van der Waals surface area contributed by atoms with Crippen LogP contribution in [-0.2, 0) is 24.4 Å². The summed E-state index contributed by atoms with van der Waals surface area (Å²) in [6.45, 7) is 3.71. The van der Waals surface area contributed by atoms with Crippen molar-refractivity contribution in [3.05, 3.63) is 65.8 Å². The van der Waals surface area contributed by atoms with E-state index in [1.807, 2.05) is 22.7 Å². The molecule has 52 heavy (non-hydrogen) atoms. The predicted molar refractivity (Wildman–Crippen MR) is 194 cm³/mol. The van der Waals surface area contributed by atoms with Crippen molar-refractivity contribution in [3.8, 4) is 5.75 Å². The van der Waals surface area contributed by atoms with Gasteiger partial charge in [0.25, 0.3) is 5.91 Å². The fraction of sp³-hybridized carbons (Fsp3) is 0.556. The zero-order valence-electron chi connectivity index (χ0n) is 29.2. The Kier molecular flexibility index (Phi) is 11.7. The van der Waals surface area contributed by atoms with Crippen LogP contribution >= 0.6 is 11.8 Å². The van der Waals surface area contributed by atoms with Gasteiger partial charge in [0.1, 0.15) is 30.2 Å². The fourth-order valence-electron chi connectivity index (χ4n) is 7.43. The topological polar surface area (TPSA) is 187 Å². The average Bonchev–Trinajstić information content (AvgIpc) is 3.90. The number of thioether (sulfide) groups is 1. The number of aliphatic hydroxyl groups is 1. The van der Waals surface area contributed by atoms with Gasteiger partial charge in [0, 0.05) is 68.8 Å². The molecule has 5 N–H and O–H groups in total. The number of rotatable bonds is 15. The molecular formula is C36H47N9O6S. The molecule has 0 bridgehead atoms. The number of fused-ring (bicyclic) bond motifs is 2. The monoisotopic (exact) mass is 733 g/mol. The number of hydrogen-bond donors (Lipinski definition) is 5. The minimum absolute atomic E-state index is 0.0644. The van der Waals surface area contributed by atoms with Crippen molar-refractivity contribution in [3.63, 3.8) is 0 Å². The van der Waals surface area contributed by atoms with Crippen LogP contribution in [0.25, 0.3) is 0 Å². The van der Waals surface area contributed by atoms with Gasteiger partial charge in [-0.3, -0.25) is 14.5 Å². The Hall–Kier alpha value is -4.41. The number of ether oxygens (including phenoxy) is 1. The molecule has 3 fully saturated rings.